The number of alkyl halides is 3. The quantitative estimate of drug-likeness (QED) is 0.812. The zero-order valence-electron chi connectivity index (χ0n) is 14.0. The fourth-order valence-corrected chi connectivity index (χ4v) is 3.52. The third-order valence-corrected chi connectivity index (χ3v) is 5.03. The van der Waals surface area contributed by atoms with Crippen molar-refractivity contribution >= 4 is 12.0 Å². The normalized spacial score (nSPS) is 23.7. The molecule has 0 N–H and O–H groups in total. The number of rotatable bonds is 4. The van der Waals surface area contributed by atoms with Crippen LogP contribution >= 0.6 is 0 Å². The Labute approximate surface area is 147 Å². The monoisotopic (exact) mass is 372 g/mol. The first-order valence-electron chi connectivity index (χ1n) is 8.70. The Bertz CT molecular complexity index is 729. The minimum absolute atomic E-state index is 0.000979. The highest BCUT2D eigenvalue weighted by Crippen LogP contribution is 2.38. The number of nitrogens with zero attached hydrogens (tertiary/aromatic N) is 4. The molecule has 0 aromatic carbocycles. The number of ether oxygens (including phenoxy) is 1. The van der Waals surface area contributed by atoms with Crippen LogP contribution in [0, 0.1) is 5.92 Å². The number of likely N-dealkylation sites (tertiary alicyclic amines) is 1. The number of carbonyl (C=O) groups is 2. The van der Waals surface area contributed by atoms with Gasteiger partial charge in [0.2, 0.25) is 0 Å². The number of amides is 2. The molecule has 7 nitrogen and oxygen atoms in total. The number of aromatic nitrogens is 2. The van der Waals surface area contributed by atoms with Gasteiger partial charge in [-0.2, -0.15) is 18.3 Å². The molecule has 10 heteroatoms. The molecule has 3 fully saturated rings. The highest BCUT2D eigenvalue weighted by atomic mass is 19.4. The Kier molecular flexibility index (Phi) is 4.07. The van der Waals surface area contributed by atoms with Gasteiger partial charge in [0.15, 0.2) is 5.69 Å². The molecule has 1 aromatic heterocycles. The molecule has 3 aliphatic rings. The third kappa shape index (κ3) is 3.24. The summed E-state index contributed by atoms with van der Waals surface area (Å²) >= 11 is 0. The van der Waals surface area contributed by atoms with Gasteiger partial charge in [-0.05, 0) is 25.2 Å². The first-order chi connectivity index (χ1) is 12.3. The molecular weight excluding hydrogens is 353 g/mol. The van der Waals surface area contributed by atoms with Crippen molar-refractivity contribution in [1.82, 2.24) is 19.6 Å². The second kappa shape index (κ2) is 6.17. The highest BCUT2D eigenvalue weighted by Gasteiger charge is 2.40. The van der Waals surface area contributed by atoms with E-state index in [2.05, 4.69) is 5.10 Å². The predicted molar refractivity (Wildman–Crippen MR) is 82.4 cm³/mol. The van der Waals surface area contributed by atoms with Gasteiger partial charge in [0, 0.05) is 25.7 Å². The van der Waals surface area contributed by atoms with Crippen molar-refractivity contribution in [3.8, 4) is 0 Å². The van der Waals surface area contributed by atoms with Gasteiger partial charge in [-0.25, -0.2) is 4.79 Å². The number of hydrogen-bond acceptors (Lipinski definition) is 4. The van der Waals surface area contributed by atoms with E-state index in [0.29, 0.717) is 39.2 Å². The van der Waals surface area contributed by atoms with Gasteiger partial charge in [0.1, 0.15) is 12.3 Å². The van der Waals surface area contributed by atoms with Crippen LogP contribution in [0.4, 0.5) is 18.0 Å². The van der Waals surface area contributed by atoms with Crippen LogP contribution in [-0.2, 0) is 10.9 Å². The Balaban J connectivity index is 1.46. The van der Waals surface area contributed by atoms with E-state index in [4.69, 9.17) is 4.74 Å². The predicted octanol–water partition coefficient (Wildman–Crippen LogP) is 2.15. The van der Waals surface area contributed by atoms with Crippen molar-refractivity contribution in [2.45, 2.75) is 31.5 Å². The molecule has 1 aliphatic carbocycles. The second-order valence-electron chi connectivity index (χ2n) is 7.05. The smallest absolute Gasteiger partial charge is 0.435 e. The summed E-state index contributed by atoms with van der Waals surface area (Å²) in [5.74, 6) is -0.324. The van der Waals surface area contributed by atoms with Crippen LogP contribution < -0.4 is 0 Å². The highest BCUT2D eigenvalue weighted by molar-refractivity contribution is 5.93. The molecule has 142 valence electrons. The summed E-state index contributed by atoms with van der Waals surface area (Å²) in [5.41, 5.74) is -1.02. The van der Waals surface area contributed by atoms with Crippen LogP contribution in [0.1, 0.15) is 41.5 Å². The molecule has 2 aliphatic heterocycles. The molecule has 3 heterocycles. The minimum Gasteiger partial charge on any atom is -0.448 e. The number of hydrogen-bond donors (Lipinski definition) is 0. The van der Waals surface area contributed by atoms with Gasteiger partial charge in [-0.15, -0.1) is 0 Å². The maximum absolute atomic E-state index is 13.0. The molecule has 2 amide bonds. The number of halogens is 3. The van der Waals surface area contributed by atoms with Crippen LogP contribution in [0.5, 0.6) is 0 Å². The van der Waals surface area contributed by atoms with Gasteiger partial charge in [-0.1, -0.05) is 0 Å². The van der Waals surface area contributed by atoms with Crippen LogP contribution in [0.15, 0.2) is 6.07 Å². The molecule has 1 unspecified atom stereocenters. The average molecular weight is 372 g/mol. The van der Waals surface area contributed by atoms with Gasteiger partial charge < -0.3 is 14.5 Å². The molecule has 26 heavy (non-hydrogen) atoms. The van der Waals surface area contributed by atoms with Gasteiger partial charge in [0.05, 0.1) is 12.6 Å². The van der Waals surface area contributed by atoms with Crippen molar-refractivity contribution in [1.29, 1.82) is 0 Å². The Morgan fingerprint density at radius 1 is 1.27 bits per heavy atom. The van der Waals surface area contributed by atoms with E-state index in [0.717, 1.165) is 18.9 Å². The van der Waals surface area contributed by atoms with E-state index in [1.54, 1.807) is 9.80 Å². The fourth-order valence-electron chi connectivity index (χ4n) is 3.52. The third-order valence-electron chi connectivity index (χ3n) is 5.03. The minimum atomic E-state index is -4.57. The SMILES string of the molecule is O=C1OCCN1CC1CCN(C(=O)c2cc(C(F)(F)F)nn2C2CC2)C1. The summed E-state index contributed by atoms with van der Waals surface area (Å²) in [5, 5.41) is 3.62. The van der Waals surface area contributed by atoms with Crippen LogP contribution in [0.3, 0.4) is 0 Å². The van der Waals surface area contributed by atoms with Crippen molar-refractivity contribution < 1.29 is 27.5 Å². The summed E-state index contributed by atoms with van der Waals surface area (Å²) < 4.78 is 45.1. The Morgan fingerprint density at radius 2 is 2.04 bits per heavy atom. The van der Waals surface area contributed by atoms with E-state index in [1.807, 2.05) is 0 Å². The lowest BCUT2D eigenvalue weighted by Gasteiger charge is -2.19. The molecule has 2 saturated heterocycles. The van der Waals surface area contributed by atoms with Crippen molar-refractivity contribution in [2.75, 3.05) is 32.8 Å². The number of carbonyl (C=O) groups excluding carboxylic acids is 2. The molecule has 0 spiro atoms. The van der Waals surface area contributed by atoms with Crippen LogP contribution in [0.25, 0.3) is 0 Å². The molecule has 1 saturated carbocycles. The maximum Gasteiger partial charge on any atom is 0.435 e. The molecule has 1 atom stereocenters. The average Bonchev–Trinajstić information content (AvgIpc) is 2.98. The van der Waals surface area contributed by atoms with Gasteiger partial charge >= 0.3 is 12.3 Å². The molecule has 0 radical (unpaired) electrons. The van der Waals surface area contributed by atoms with E-state index < -0.39 is 17.8 Å². The van der Waals surface area contributed by atoms with E-state index in [-0.39, 0.29) is 23.7 Å². The Hall–Kier alpha value is -2.26. The number of cyclic esters (lactones) is 1. The zero-order chi connectivity index (χ0) is 18.5. The molecule has 4 rings (SSSR count). The largest absolute Gasteiger partial charge is 0.448 e. The summed E-state index contributed by atoms with van der Waals surface area (Å²) in [4.78, 5) is 27.5. The summed E-state index contributed by atoms with van der Waals surface area (Å²) in [7, 11) is 0. The zero-order valence-corrected chi connectivity index (χ0v) is 14.0. The summed E-state index contributed by atoms with van der Waals surface area (Å²) in [6, 6.07) is 0.731. The lowest BCUT2D eigenvalue weighted by Crippen LogP contribution is -2.34. The molecule has 1 aromatic rings. The lowest BCUT2D eigenvalue weighted by molar-refractivity contribution is -0.141. The molecular formula is C16H19F3N4O3. The van der Waals surface area contributed by atoms with E-state index in [1.165, 1.54) is 4.68 Å². The van der Waals surface area contributed by atoms with Gasteiger partial charge in [-0.3, -0.25) is 9.48 Å². The van der Waals surface area contributed by atoms with Crippen molar-refractivity contribution in [3.05, 3.63) is 17.5 Å². The Morgan fingerprint density at radius 3 is 2.65 bits per heavy atom. The fraction of sp³-hybridized carbons (Fsp3) is 0.688. The standard InChI is InChI=1S/C16H19F3N4O3/c17-16(18,19)13-7-12(23(20-13)11-1-2-11)14(24)21-4-3-10(8-21)9-22-5-6-26-15(22)25/h7,10-11H,1-6,8-9H2. The first-order valence-corrected chi connectivity index (χ1v) is 8.70. The molecule has 0 bridgehead atoms. The summed E-state index contributed by atoms with van der Waals surface area (Å²) in [6.45, 7) is 2.28. The van der Waals surface area contributed by atoms with Gasteiger partial charge in [0.25, 0.3) is 5.91 Å². The van der Waals surface area contributed by atoms with Crippen molar-refractivity contribution in [3.63, 3.8) is 0 Å². The van der Waals surface area contributed by atoms with Crippen LogP contribution in [-0.4, -0.2) is 64.4 Å². The first kappa shape index (κ1) is 17.2. The second-order valence-corrected chi connectivity index (χ2v) is 7.05. The lowest BCUT2D eigenvalue weighted by atomic mass is 10.1. The van der Waals surface area contributed by atoms with Crippen LogP contribution in [0.2, 0.25) is 0 Å². The van der Waals surface area contributed by atoms with E-state index in [9.17, 15) is 22.8 Å². The topological polar surface area (TPSA) is 67.7 Å². The maximum atomic E-state index is 13.0. The summed E-state index contributed by atoms with van der Waals surface area (Å²) in [6.07, 6.45) is -2.74. The van der Waals surface area contributed by atoms with Crippen molar-refractivity contribution in [2.24, 2.45) is 5.92 Å². The van der Waals surface area contributed by atoms with E-state index >= 15 is 0 Å².